The van der Waals surface area contributed by atoms with Crippen LogP contribution in [0.4, 0.5) is 4.39 Å². The summed E-state index contributed by atoms with van der Waals surface area (Å²) in [7, 11) is 0. The molecular weight excluding hydrogens is 141 g/mol. The summed E-state index contributed by atoms with van der Waals surface area (Å²) in [6, 6.07) is 0. The number of hydrogen-bond donors (Lipinski definition) is 0. The zero-order valence-electron chi connectivity index (χ0n) is 4.50. The quantitative estimate of drug-likeness (QED) is 0.589. The van der Waals surface area contributed by atoms with Crippen molar-refractivity contribution in [3.8, 4) is 0 Å². The van der Waals surface area contributed by atoms with E-state index in [1.54, 1.807) is 0 Å². The number of aromatic nitrogens is 1. The first-order valence-corrected chi connectivity index (χ1v) is 3.14. The van der Waals surface area contributed by atoms with E-state index in [9.17, 15) is 9.18 Å². The summed E-state index contributed by atoms with van der Waals surface area (Å²) in [5, 5.41) is 0.358. The molecule has 0 aliphatic heterocycles. The largest absolute Gasteiger partial charge is 0.297 e. The Kier molecular flexibility index (Phi) is 1.89. The van der Waals surface area contributed by atoms with Gasteiger partial charge in [0.05, 0.1) is 4.88 Å². The van der Waals surface area contributed by atoms with Gasteiger partial charge in [0.2, 0.25) is 0 Å². The maximum absolute atomic E-state index is 11.7. The normalized spacial score (nSPS) is 9.44. The molecule has 4 heteroatoms. The lowest BCUT2D eigenvalue weighted by Gasteiger charge is -1.75. The van der Waals surface area contributed by atoms with E-state index in [-0.39, 0.29) is 0 Å². The number of alkyl halides is 1. The Morgan fingerprint density at radius 1 is 1.89 bits per heavy atom. The van der Waals surface area contributed by atoms with Gasteiger partial charge in [0.1, 0.15) is 11.7 Å². The maximum atomic E-state index is 11.7. The van der Waals surface area contributed by atoms with Crippen LogP contribution in [0.15, 0.2) is 6.20 Å². The summed E-state index contributed by atoms with van der Waals surface area (Å²) in [6.45, 7) is -0.585. The highest BCUT2D eigenvalue weighted by molar-refractivity contribution is 7.13. The number of carbonyl (C=O) groups excluding carboxylic acids is 1. The summed E-state index contributed by atoms with van der Waals surface area (Å²) in [5.41, 5.74) is 0. The van der Waals surface area contributed by atoms with Crippen LogP contribution in [0.2, 0.25) is 0 Å². The van der Waals surface area contributed by atoms with Crippen molar-refractivity contribution in [2.24, 2.45) is 0 Å². The fourth-order valence-corrected chi connectivity index (χ4v) is 1.03. The molecule has 0 fully saturated rings. The average molecular weight is 145 g/mol. The number of thiazole rings is 1. The molecule has 1 rings (SSSR count). The van der Waals surface area contributed by atoms with E-state index in [0.29, 0.717) is 16.2 Å². The summed E-state index contributed by atoms with van der Waals surface area (Å²) in [5.74, 6) is 0. The Bertz CT molecular complexity index is 210. The van der Waals surface area contributed by atoms with Crippen LogP contribution in [0.5, 0.6) is 0 Å². The summed E-state index contributed by atoms with van der Waals surface area (Å²) < 4.78 is 11.7. The van der Waals surface area contributed by atoms with Crippen LogP contribution in [0.1, 0.15) is 14.7 Å². The zero-order valence-corrected chi connectivity index (χ0v) is 5.32. The molecule has 0 aliphatic rings. The number of rotatable bonds is 2. The van der Waals surface area contributed by atoms with E-state index in [4.69, 9.17) is 0 Å². The van der Waals surface area contributed by atoms with Gasteiger partial charge in [-0.15, -0.1) is 11.3 Å². The van der Waals surface area contributed by atoms with Crippen molar-refractivity contribution in [1.82, 2.24) is 4.98 Å². The van der Waals surface area contributed by atoms with Gasteiger partial charge in [-0.3, -0.25) is 4.79 Å². The van der Waals surface area contributed by atoms with E-state index in [2.05, 4.69) is 4.98 Å². The topological polar surface area (TPSA) is 30.0 Å². The zero-order chi connectivity index (χ0) is 6.69. The van der Waals surface area contributed by atoms with Crippen LogP contribution < -0.4 is 0 Å². The average Bonchev–Trinajstić information content (AvgIpc) is 2.34. The van der Waals surface area contributed by atoms with Gasteiger partial charge in [-0.25, -0.2) is 9.37 Å². The lowest BCUT2D eigenvalue weighted by Crippen LogP contribution is -1.68. The minimum atomic E-state index is -0.585. The fourth-order valence-electron chi connectivity index (χ4n) is 0.441. The molecule has 0 amide bonds. The number of nitrogens with zero attached hydrogens (tertiary/aromatic N) is 1. The first-order valence-electron chi connectivity index (χ1n) is 2.32. The van der Waals surface area contributed by atoms with Gasteiger partial charge in [-0.1, -0.05) is 0 Å². The highest BCUT2D eigenvalue weighted by atomic mass is 32.1. The van der Waals surface area contributed by atoms with E-state index in [1.807, 2.05) is 0 Å². The van der Waals surface area contributed by atoms with Crippen molar-refractivity contribution >= 4 is 17.6 Å². The Morgan fingerprint density at radius 2 is 2.67 bits per heavy atom. The molecule has 0 saturated heterocycles. The van der Waals surface area contributed by atoms with E-state index in [1.165, 1.54) is 6.20 Å². The van der Waals surface area contributed by atoms with Crippen LogP contribution in [-0.2, 0) is 6.67 Å². The predicted octanol–water partition coefficient (Wildman–Crippen LogP) is 1.43. The standard InChI is InChI=1S/C5H4FNOS/c6-1-5-7-2-4(3-8)9-5/h2-3H,1H2. The Morgan fingerprint density at radius 3 is 3.00 bits per heavy atom. The van der Waals surface area contributed by atoms with Gasteiger partial charge < -0.3 is 0 Å². The lowest BCUT2D eigenvalue weighted by atomic mass is 10.6. The molecule has 48 valence electrons. The number of aldehydes is 1. The molecule has 0 aliphatic carbocycles. The second kappa shape index (κ2) is 2.68. The fraction of sp³-hybridized carbons (Fsp3) is 0.200. The second-order valence-electron chi connectivity index (χ2n) is 1.41. The number of halogens is 1. The molecule has 9 heavy (non-hydrogen) atoms. The Hall–Kier alpha value is -0.770. The molecule has 1 aromatic rings. The highest BCUT2D eigenvalue weighted by Gasteiger charge is 1.97. The molecule has 0 bridgehead atoms. The van der Waals surface area contributed by atoms with E-state index < -0.39 is 6.67 Å². The van der Waals surface area contributed by atoms with Crippen molar-refractivity contribution in [3.05, 3.63) is 16.1 Å². The third-order valence-electron chi connectivity index (χ3n) is 0.802. The summed E-state index contributed by atoms with van der Waals surface area (Å²) in [4.78, 5) is 14.1. The van der Waals surface area contributed by atoms with Crippen molar-refractivity contribution in [2.75, 3.05) is 0 Å². The minimum absolute atomic E-state index is 0.358. The second-order valence-corrected chi connectivity index (χ2v) is 2.55. The summed E-state index contributed by atoms with van der Waals surface area (Å²) >= 11 is 1.08. The van der Waals surface area contributed by atoms with Crippen molar-refractivity contribution in [1.29, 1.82) is 0 Å². The monoisotopic (exact) mass is 145 g/mol. The lowest BCUT2D eigenvalue weighted by molar-refractivity contribution is 0.112. The molecule has 0 unspecified atom stereocenters. The first kappa shape index (κ1) is 6.35. The van der Waals surface area contributed by atoms with Crippen LogP contribution in [0.25, 0.3) is 0 Å². The molecule has 0 aromatic carbocycles. The smallest absolute Gasteiger partial charge is 0.161 e. The maximum Gasteiger partial charge on any atom is 0.161 e. The molecule has 0 N–H and O–H groups in total. The minimum Gasteiger partial charge on any atom is -0.297 e. The summed E-state index contributed by atoms with van der Waals surface area (Å²) in [6.07, 6.45) is 2.03. The predicted molar refractivity (Wildman–Crippen MR) is 32.3 cm³/mol. The Balaban J connectivity index is 2.86. The molecule has 0 spiro atoms. The van der Waals surface area contributed by atoms with Crippen LogP contribution in [0.3, 0.4) is 0 Å². The van der Waals surface area contributed by atoms with Gasteiger partial charge in [0.25, 0.3) is 0 Å². The van der Waals surface area contributed by atoms with Crippen LogP contribution >= 0.6 is 11.3 Å². The molecule has 1 aromatic heterocycles. The third kappa shape index (κ3) is 1.32. The van der Waals surface area contributed by atoms with Crippen LogP contribution in [-0.4, -0.2) is 11.3 Å². The first-order chi connectivity index (χ1) is 4.36. The van der Waals surface area contributed by atoms with Crippen molar-refractivity contribution in [2.45, 2.75) is 6.67 Å². The van der Waals surface area contributed by atoms with Gasteiger partial charge in [0.15, 0.2) is 6.29 Å². The molecule has 1 heterocycles. The van der Waals surface area contributed by atoms with Crippen molar-refractivity contribution in [3.63, 3.8) is 0 Å². The molecule has 0 atom stereocenters. The molecule has 2 nitrogen and oxygen atoms in total. The van der Waals surface area contributed by atoms with E-state index >= 15 is 0 Å². The van der Waals surface area contributed by atoms with Crippen molar-refractivity contribution < 1.29 is 9.18 Å². The van der Waals surface area contributed by atoms with Gasteiger partial charge in [0, 0.05) is 6.20 Å². The number of carbonyl (C=O) groups is 1. The van der Waals surface area contributed by atoms with Crippen LogP contribution in [0, 0.1) is 0 Å². The number of hydrogen-bond acceptors (Lipinski definition) is 3. The molecular formula is C5H4FNOS. The van der Waals surface area contributed by atoms with Gasteiger partial charge in [-0.2, -0.15) is 0 Å². The molecule has 0 saturated carbocycles. The molecule has 0 radical (unpaired) electrons. The highest BCUT2D eigenvalue weighted by Crippen LogP contribution is 2.10. The van der Waals surface area contributed by atoms with Gasteiger partial charge >= 0.3 is 0 Å². The van der Waals surface area contributed by atoms with Gasteiger partial charge in [-0.05, 0) is 0 Å². The Labute approximate surface area is 55.3 Å². The third-order valence-corrected chi connectivity index (χ3v) is 1.69. The SMILES string of the molecule is O=Cc1cnc(CF)s1. The van der Waals surface area contributed by atoms with E-state index in [0.717, 1.165) is 11.3 Å².